The molecule has 0 bridgehead atoms. The molecule has 1 aliphatic heterocycles. The topological polar surface area (TPSA) is 54.2 Å². The van der Waals surface area contributed by atoms with Crippen molar-refractivity contribution >= 4 is 0 Å². The van der Waals surface area contributed by atoms with Gasteiger partial charge in [0.25, 0.3) is 0 Å². The van der Waals surface area contributed by atoms with Crippen molar-refractivity contribution in [1.82, 2.24) is 19.7 Å². The normalized spacial score (nSPS) is 22.0. The molecule has 102 valence electrons. The van der Waals surface area contributed by atoms with E-state index in [1.54, 1.807) is 4.68 Å². The summed E-state index contributed by atoms with van der Waals surface area (Å²) in [5.41, 5.74) is -0.794. The van der Waals surface area contributed by atoms with Gasteiger partial charge in [0.05, 0.1) is 0 Å². The molecule has 5 heteroatoms. The van der Waals surface area contributed by atoms with E-state index in [0.717, 1.165) is 38.4 Å². The summed E-state index contributed by atoms with van der Waals surface area (Å²) in [6.07, 6.45) is 4.22. The number of nitrogens with zero attached hydrogens (tertiary/aromatic N) is 4. The minimum absolute atomic E-state index is 0.700. The van der Waals surface area contributed by atoms with Crippen molar-refractivity contribution in [2.24, 2.45) is 13.0 Å². The molecule has 5 nitrogen and oxygen atoms in total. The minimum Gasteiger partial charge on any atom is -0.382 e. The second-order valence-corrected chi connectivity index (χ2v) is 5.55. The number of aliphatic hydroxyl groups is 1. The molecule has 1 aromatic rings. The van der Waals surface area contributed by atoms with Crippen LogP contribution < -0.4 is 0 Å². The predicted molar refractivity (Wildman–Crippen MR) is 70.0 cm³/mol. The van der Waals surface area contributed by atoms with Gasteiger partial charge in [0, 0.05) is 26.7 Å². The summed E-state index contributed by atoms with van der Waals surface area (Å²) in [5.74, 6) is 1.43. The SMILES string of the molecule is CC[C@H](C)CN1CCC(O)(c2ncnn2C)CC1. The highest BCUT2D eigenvalue weighted by Gasteiger charge is 2.37. The van der Waals surface area contributed by atoms with Crippen LogP contribution in [0.1, 0.15) is 38.9 Å². The van der Waals surface area contributed by atoms with Crippen LogP contribution in [0.2, 0.25) is 0 Å². The van der Waals surface area contributed by atoms with E-state index < -0.39 is 5.60 Å². The molecule has 1 saturated heterocycles. The Morgan fingerprint density at radius 2 is 2.11 bits per heavy atom. The lowest BCUT2D eigenvalue weighted by atomic mass is 9.90. The summed E-state index contributed by atoms with van der Waals surface area (Å²) >= 11 is 0. The Balaban J connectivity index is 1.95. The molecule has 2 rings (SSSR count). The van der Waals surface area contributed by atoms with Gasteiger partial charge in [0.15, 0.2) is 5.82 Å². The summed E-state index contributed by atoms with van der Waals surface area (Å²) in [6, 6.07) is 0. The van der Waals surface area contributed by atoms with E-state index in [4.69, 9.17) is 0 Å². The molecule has 1 fully saturated rings. The minimum atomic E-state index is -0.794. The third-order valence-electron chi connectivity index (χ3n) is 4.08. The van der Waals surface area contributed by atoms with Crippen molar-refractivity contribution in [3.8, 4) is 0 Å². The Morgan fingerprint density at radius 1 is 1.44 bits per heavy atom. The number of piperidine rings is 1. The highest BCUT2D eigenvalue weighted by molar-refractivity contribution is 5.03. The van der Waals surface area contributed by atoms with Crippen molar-refractivity contribution in [3.05, 3.63) is 12.2 Å². The maximum Gasteiger partial charge on any atom is 0.158 e. The lowest BCUT2D eigenvalue weighted by molar-refractivity contribution is -0.0378. The van der Waals surface area contributed by atoms with Gasteiger partial charge >= 0.3 is 0 Å². The zero-order valence-electron chi connectivity index (χ0n) is 11.6. The third-order valence-corrected chi connectivity index (χ3v) is 4.08. The van der Waals surface area contributed by atoms with Crippen LogP contribution in [-0.4, -0.2) is 44.4 Å². The van der Waals surface area contributed by atoms with E-state index >= 15 is 0 Å². The summed E-state index contributed by atoms with van der Waals surface area (Å²) in [6.45, 7) is 7.51. The maximum absolute atomic E-state index is 10.7. The summed E-state index contributed by atoms with van der Waals surface area (Å²) in [7, 11) is 1.84. The van der Waals surface area contributed by atoms with Gasteiger partial charge in [-0.2, -0.15) is 5.10 Å². The molecule has 1 atom stereocenters. The van der Waals surface area contributed by atoms with Crippen LogP contribution in [0.5, 0.6) is 0 Å². The standard InChI is InChI=1S/C13H24N4O/c1-4-11(2)9-17-7-5-13(18,6-8-17)12-14-10-15-16(12)3/h10-11,18H,4-9H2,1-3H3/t11-/m0/s1. The highest BCUT2D eigenvalue weighted by Crippen LogP contribution is 2.31. The van der Waals surface area contributed by atoms with Crippen molar-refractivity contribution < 1.29 is 5.11 Å². The first-order valence-electron chi connectivity index (χ1n) is 6.84. The monoisotopic (exact) mass is 252 g/mol. The fourth-order valence-electron chi connectivity index (χ4n) is 2.62. The molecule has 18 heavy (non-hydrogen) atoms. The van der Waals surface area contributed by atoms with Crippen LogP contribution in [0, 0.1) is 5.92 Å². The average molecular weight is 252 g/mol. The van der Waals surface area contributed by atoms with Gasteiger partial charge in [-0.15, -0.1) is 0 Å². The molecule has 2 heterocycles. The lowest BCUT2D eigenvalue weighted by Crippen LogP contribution is -2.45. The van der Waals surface area contributed by atoms with E-state index in [2.05, 4.69) is 28.8 Å². The summed E-state index contributed by atoms with van der Waals surface area (Å²) < 4.78 is 1.68. The second-order valence-electron chi connectivity index (χ2n) is 5.55. The number of rotatable bonds is 4. The highest BCUT2D eigenvalue weighted by atomic mass is 16.3. The molecule has 0 aliphatic carbocycles. The molecule has 0 amide bonds. The van der Waals surface area contributed by atoms with Crippen LogP contribution in [0.25, 0.3) is 0 Å². The zero-order chi connectivity index (χ0) is 13.2. The molecule has 0 unspecified atom stereocenters. The quantitative estimate of drug-likeness (QED) is 0.873. The Kier molecular flexibility index (Phi) is 4.02. The molecule has 0 aromatic carbocycles. The van der Waals surface area contributed by atoms with Gasteiger partial charge in [0.1, 0.15) is 11.9 Å². The van der Waals surface area contributed by atoms with Crippen LogP contribution in [0.3, 0.4) is 0 Å². The Bertz CT molecular complexity index is 382. The molecule has 0 radical (unpaired) electrons. The molecule has 0 saturated carbocycles. The van der Waals surface area contributed by atoms with E-state index in [9.17, 15) is 5.11 Å². The van der Waals surface area contributed by atoms with Crippen molar-refractivity contribution in [2.75, 3.05) is 19.6 Å². The summed E-state index contributed by atoms with van der Waals surface area (Å²) in [5, 5.41) is 14.7. The first-order chi connectivity index (χ1) is 8.55. The predicted octanol–water partition coefficient (Wildman–Crippen LogP) is 1.14. The van der Waals surface area contributed by atoms with E-state index in [1.807, 2.05) is 7.05 Å². The van der Waals surface area contributed by atoms with Crippen molar-refractivity contribution in [2.45, 2.75) is 38.7 Å². The van der Waals surface area contributed by atoms with Gasteiger partial charge in [-0.3, -0.25) is 4.68 Å². The Morgan fingerprint density at radius 3 is 2.61 bits per heavy atom. The van der Waals surface area contributed by atoms with Gasteiger partial charge in [-0.05, 0) is 18.8 Å². The molecular weight excluding hydrogens is 228 g/mol. The fraction of sp³-hybridized carbons (Fsp3) is 0.846. The van der Waals surface area contributed by atoms with E-state index in [-0.39, 0.29) is 0 Å². The summed E-state index contributed by atoms with van der Waals surface area (Å²) in [4.78, 5) is 6.64. The first kappa shape index (κ1) is 13.5. The van der Waals surface area contributed by atoms with Gasteiger partial charge in [-0.1, -0.05) is 20.3 Å². The van der Waals surface area contributed by atoms with Crippen molar-refractivity contribution in [3.63, 3.8) is 0 Å². The molecule has 1 N–H and O–H groups in total. The molecule has 0 spiro atoms. The number of aromatic nitrogens is 3. The maximum atomic E-state index is 10.7. The zero-order valence-corrected chi connectivity index (χ0v) is 11.6. The number of aryl methyl sites for hydroxylation is 1. The second kappa shape index (κ2) is 5.36. The van der Waals surface area contributed by atoms with Crippen LogP contribution in [0.15, 0.2) is 6.33 Å². The van der Waals surface area contributed by atoms with Crippen LogP contribution in [-0.2, 0) is 12.6 Å². The number of hydrogen-bond donors (Lipinski definition) is 1. The van der Waals surface area contributed by atoms with Crippen molar-refractivity contribution in [1.29, 1.82) is 0 Å². The van der Waals surface area contributed by atoms with Crippen LogP contribution >= 0.6 is 0 Å². The van der Waals surface area contributed by atoms with Gasteiger partial charge < -0.3 is 10.0 Å². The Labute approximate surface area is 109 Å². The van der Waals surface area contributed by atoms with Gasteiger partial charge in [0.2, 0.25) is 0 Å². The third kappa shape index (κ3) is 2.72. The Hall–Kier alpha value is -0.940. The lowest BCUT2D eigenvalue weighted by Gasteiger charge is -2.38. The van der Waals surface area contributed by atoms with E-state index in [0.29, 0.717) is 5.82 Å². The van der Waals surface area contributed by atoms with Crippen LogP contribution in [0.4, 0.5) is 0 Å². The smallest absolute Gasteiger partial charge is 0.158 e. The largest absolute Gasteiger partial charge is 0.382 e. The fourth-order valence-corrected chi connectivity index (χ4v) is 2.62. The molecule has 1 aliphatic rings. The molecule has 1 aromatic heterocycles. The molecular formula is C13H24N4O. The first-order valence-corrected chi connectivity index (χ1v) is 6.84. The van der Waals surface area contributed by atoms with E-state index in [1.165, 1.54) is 12.7 Å². The average Bonchev–Trinajstić information content (AvgIpc) is 2.79. The number of likely N-dealkylation sites (tertiary alicyclic amines) is 1. The number of hydrogen-bond acceptors (Lipinski definition) is 4. The van der Waals surface area contributed by atoms with Gasteiger partial charge in [-0.25, -0.2) is 4.98 Å².